The van der Waals surface area contributed by atoms with Crippen molar-refractivity contribution >= 4 is 0 Å². The lowest BCUT2D eigenvalue weighted by Gasteiger charge is -2.41. The van der Waals surface area contributed by atoms with Crippen molar-refractivity contribution in [1.82, 2.24) is 4.90 Å². The van der Waals surface area contributed by atoms with Gasteiger partial charge >= 0.3 is 0 Å². The molecule has 2 unspecified atom stereocenters. The summed E-state index contributed by atoms with van der Waals surface area (Å²) in [5.74, 6) is 0. The monoisotopic (exact) mass is 248 g/mol. The highest BCUT2D eigenvalue weighted by Gasteiger charge is 2.29. The third kappa shape index (κ3) is 3.10. The van der Waals surface area contributed by atoms with Gasteiger partial charge < -0.3 is 10.5 Å². The smallest absolute Gasteiger partial charge is 0.0678 e. The summed E-state index contributed by atoms with van der Waals surface area (Å²) in [5, 5.41) is 0. The molecular formula is C15H24N2O. The predicted octanol–water partition coefficient (Wildman–Crippen LogP) is 2.18. The van der Waals surface area contributed by atoms with Gasteiger partial charge in [0.2, 0.25) is 0 Å². The molecule has 2 rings (SSSR count). The molecule has 1 saturated heterocycles. The SMILES string of the molecule is CC(C(N)c1ccccc1)N1C[C@@H](C)O[C@@H](C)C1. The van der Waals surface area contributed by atoms with Crippen LogP contribution in [0, 0.1) is 0 Å². The Kier molecular flexibility index (Phi) is 4.38. The molecular weight excluding hydrogens is 224 g/mol. The van der Waals surface area contributed by atoms with E-state index in [0.29, 0.717) is 18.2 Å². The quantitative estimate of drug-likeness (QED) is 0.891. The second-order valence-corrected chi connectivity index (χ2v) is 5.39. The highest BCUT2D eigenvalue weighted by Crippen LogP contribution is 2.22. The Balaban J connectivity index is 2.04. The zero-order valence-electron chi connectivity index (χ0n) is 11.5. The minimum absolute atomic E-state index is 0.0590. The maximum Gasteiger partial charge on any atom is 0.0678 e. The van der Waals surface area contributed by atoms with Crippen molar-refractivity contribution in [2.24, 2.45) is 5.73 Å². The molecule has 1 heterocycles. The largest absolute Gasteiger partial charge is 0.373 e. The summed E-state index contributed by atoms with van der Waals surface area (Å²) in [5.41, 5.74) is 7.58. The second-order valence-electron chi connectivity index (χ2n) is 5.39. The van der Waals surface area contributed by atoms with Crippen LogP contribution < -0.4 is 5.73 Å². The van der Waals surface area contributed by atoms with Gasteiger partial charge in [-0.05, 0) is 26.3 Å². The molecule has 0 amide bonds. The Morgan fingerprint density at radius 1 is 1.17 bits per heavy atom. The van der Waals surface area contributed by atoms with Crippen molar-refractivity contribution in [2.45, 2.75) is 45.1 Å². The molecule has 1 aromatic carbocycles. The zero-order valence-corrected chi connectivity index (χ0v) is 11.5. The van der Waals surface area contributed by atoms with Gasteiger partial charge in [0.15, 0.2) is 0 Å². The highest BCUT2D eigenvalue weighted by atomic mass is 16.5. The van der Waals surface area contributed by atoms with E-state index < -0.39 is 0 Å². The third-order valence-electron chi connectivity index (χ3n) is 3.73. The fourth-order valence-electron chi connectivity index (χ4n) is 2.73. The Hall–Kier alpha value is -0.900. The van der Waals surface area contributed by atoms with Gasteiger partial charge in [-0.1, -0.05) is 30.3 Å². The Labute approximate surface area is 110 Å². The van der Waals surface area contributed by atoms with Crippen LogP contribution in [0.3, 0.4) is 0 Å². The molecule has 1 aromatic rings. The molecule has 2 N–H and O–H groups in total. The summed E-state index contributed by atoms with van der Waals surface area (Å²) in [6.45, 7) is 8.40. The molecule has 0 spiro atoms. The lowest BCUT2D eigenvalue weighted by atomic mass is 9.99. The number of hydrogen-bond donors (Lipinski definition) is 1. The Bertz CT molecular complexity index is 358. The van der Waals surface area contributed by atoms with Crippen LogP contribution in [0.4, 0.5) is 0 Å². The van der Waals surface area contributed by atoms with Crippen molar-refractivity contribution in [3.8, 4) is 0 Å². The molecule has 0 radical (unpaired) electrons. The normalized spacial score (nSPS) is 28.9. The Morgan fingerprint density at radius 2 is 1.72 bits per heavy atom. The summed E-state index contributed by atoms with van der Waals surface area (Å²) in [6.07, 6.45) is 0.582. The van der Waals surface area contributed by atoms with Crippen LogP contribution in [0.2, 0.25) is 0 Å². The standard InChI is InChI=1S/C15H24N2O/c1-11-9-17(10-12(2)18-11)13(3)15(16)14-7-5-4-6-8-14/h4-8,11-13,15H,9-10,16H2,1-3H3/t11-,12+,13?,15?. The van der Waals surface area contributed by atoms with Crippen LogP contribution >= 0.6 is 0 Å². The van der Waals surface area contributed by atoms with Gasteiger partial charge in [-0.25, -0.2) is 0 Å². The molecule has 3 heteroatoms. The van der Waals surface area contributed by atoms with E-state index in [9.17, 15) is 0 Å². The lowest BCUT2D eigenvalue weighted by Crippen LogP contribution is -2.52. The van der Waals surface area contributed by atoms with E-state index in [1.165, 1.54) is 5.56 Å². The van der Waals surface area contributed by atoms with Crippen molar-refractivity contribution in [1.29, 1.82) is 0 Å². The third-order valence-corrected chi connectivity index (χ3v) is 3.73. The molecule has 0 saturated carbocycles. The predicted molar refractivity (Wildman–Crippen MR) is 74.4 cm³/mol. The first kappa shape index (κ1) is 13.5. The number of morpholine rings is 1. The average Bonchev–Trinajstić information content (AvgIpc) is 2.37. The van der Waals surface area contributed by atoms with Crippen LogP contribution in [0.5, 0.6) is 0 Å². The van der Waals surface area contributed by atoms with E-state index in [-0.39, 0.29) is 6.04 Å². The maximum absolute atomic E-state index is 6.38. The van der Waals surface area contributed by atoms with Crippen LogP contribution in [-0.4, -0.2) is 36.2 Å². The lowest BCUT2D eigenvalue weighted by molar-refractivity contribution is -0.0809. The molecule has 0 bridgehead atoms. The van der Waals surface area contributed by atoms with Gasteiger partial charge in [0, 0.05) is 25.2 Å². The fraction of sp³-hybridized carbons (Fsp3) is 0.600. The van der Waals surface area contributed by atoms with Gasteiger partial charge in [0.05, 0.1) is 12.2 Å². The van der Waals surface area contributed by atoms with Gasteiger partial charge in [-0.3, -0.25) is 4.90 Å². The highest BCUT2D eigenvalue weighted by molar-refractivity contribution is 5.20. The fourth-order valence-corrected chi connectivity index (χ4v) is 2.73. The number of hydrogen-bond acceptors (Lipinski definition) is 3. The number of rotatable bonds is 3. The average molecular weight is 248 g/mol. The summed E-state index contributed by atoms with van der Waals surface area (Å²) in [4.78, 5) is 2.44. The summed E-state index contributed by atoms with van der Waals surface area (Å²) in [6, 6.07) is 10.7. The van der Waals surface area contributed by atoms with E-state index in [2.05, 4.69) is 37.8 Å². The van der Waals surface area contributed by atoms with E-state index in [1.54, 1.807) is 0 Å². The van der Waals surface area contributed by atoms with Crippen LogP contribution in [0.25, 0.3) is 0 Å². The summed E-state index contributed by atoms with van der Waals surface area (Å²) < 4.78 is 5.77. The number of benzene rings is 1. The van der Waals surface area contributed by atoms with E-state index in [0.717, 1.165) is 13.1 Å². The second kappa shape index (κ2) is 5.83. The molecule has 1 aliphatic rings. The molecule has 1 aliphatic heterocycles. The van der Waals surface area contributed by atoms with Crippen LogP contribution in [-0.2, 0) is 4.74 Å². The minimum atomic E-state index is 0.0590. The van der Waals surface area contributed by atoms with E-state index >= 15 is 0 Å². The summed E-state index contributed by atoms with van der Waals surface area (Å²) in [7, 11) is 0. The molecule has 3 nitrogen and oxygen atoms in total. The van der Waals surface area contributed by atoms with Crippen LogP contribution in [0.1, 0.15) is 32.4 Å². The van der Waals surface area contributed by atoms with Crippen LogP contribution in [0.15, 0.2) is 30.3 Å². The van der Waals surface area contributed by atoms with Gasteiger partial charge in [-0.15, -0.1) is 0 Å². The first-order valence-corrected chi connectivity index (χ1v) is 6.78. The van der Waals surface area contributed by atoms with Crippen molar-refractivity contribution in [2.75, 3.05) is 13.1 Å². The molecule has 0 aliphatic carbocycles. The first-order valence-electron chi connectivity index (χ1n) is 6.78. The van der Waals surface area contributed by atoms with Crippen molar-refractivity contribution in [3.63, 3.8) is 0 Å². The van der Waals surface area contributed by atoms with Gasteiger partial charge in [0.1, 0.15) is 0 Å². The number of nitrogens with two attached hydrogens (primary N) is 1. The van der Waals surface area contributed by atoms with E-state index in [1.807, 2.05) is 18.2 Å². The van der Waals surface area contributed by atoms with Gasteiger partial charge in [0.25, 0.3) is 0 Å². The molecule has 18 heavy (non-hydrogen) atoms. The summed E-state index contributed by atoms with van der Waals surface area (Å²) >= 11 is 0. The number of nitrogens with zero attached hydrogens (tertiary/aromatic N) is 1. The van der Waals surface area contributed by atoms with E-state index in [4.69, 9.17) is 10.5 Å². The van der Waals surface area contributed by atoms with Crippen molar-refractivity contribution in [3.05, 3.63) is 35.9 Å². The zero-order chi connectivity index (χ0) is 13.1. The maximum atomic E-state index is 6.38. The Morgan fingerprint density at radius 3 is 2.28 bits per heavy atom. The first-order chi connectivity index (χ1) is 8.58. The number of ether oxygens (including phenoxy) is 1. The molecule has 100 valence electrons. The molecule has 1 fully saturated rings. The topological polar surface area (TPSA) is 38.5 Å². The molecule has 4 atom stereocenters. The minimum Gasteiger partial charge on any atom is -0.373 e. The molecule has 0 aromatic heterocycles. The van der Waals surface area contributed by atoms with Gasteiger partial charge in [-0.2, -0.15) is 0 Å². The van der Waals surface area contributed by atoms with Crippen molar-refractivity contribution < 1.29 is 4.74 Å².